The summed E-state index contributed by atoms with van der Waals surface area (Å²) in [6, 6.07) is 8.00. The van der Waals surface area contributed by atoms with Gasteiger partial charge in [-0.1, -0.05) is 26.0 Å². The van der Waals surface area contributed by atoms with E-state index in [2.05, 4.69) is 23.8 Å². The molecular weight excluding hydrogens is 238 g/mol. The van der Waals surface area contributed by atoms with Crippen molar-refractivity contribution >= 4 is 16.9 Å². The van der Waals surface area contributed by atoms with Crippen LogP contribution in [0.5, 0.6) is 0 Å². The van der Waals surface area contributed by atoms with Crippen LogP contribution in [0.25, 0.3) is 11.0 Å². The highest BCUT2D eigenvalue weighted by Gasteiger charge is 2.32. The number of imidazole rings is 1. The van der Waals surface area contributed by atoms with Crippen molar-refractivity contribution < 1.29 is 4.79 Å². The van der Waals surface area contributed by atoms with E-state index in [1.54, 1.807) is 0 Å². The Labute approximate surface area is 112 Å². The van der Waals surface area contributed by atoms with Gasteiger partial charge in [0, 0.05) is 25.4 Å². The third-order valence-electron chi connectivity index (χ3n) is 3.59. The molecule has 0 spiro atoms. The topological polar surface area (TPSA) is 49.0 Å². The van der Waals surface area contributed by atoms with Gasteiger partial charge in [-0.3, -0.25) is 4.79 Å². The van der Waals surface area contributed by atoms with Crippen LogP contribution in [0.15, 0.2) is 24.3 Å². The molecule has 1 amide bonds. The normalized spacial score (nSPS) is 19.8. The van der Waals surface area contributed by atoms with Crippen LogP contribution < -0.4 is 0 Å². The van der Waals surface area contributed by atoms with Crippen molar-refractivity contribution in [3.05, 3.63) is 30.1 Å². The van der Waals surface area contributed by atoms with Gasteiger partial charge in [-0.2, -0.15) is 0 Å². The summed E-state index contributed by atoms with van der Waals surface area (Å²) < 4.78 is 0. The summed E-state index contributed by atoms with van der Waals surface area (Å²) in [6.45, 7) is 5.91. The summed E-state index contributed by atoms with van der Waals surface area (Å²) in [4.78, 5) is 21.9. The highest BCUT2D eigenvalue weighted by Crippen LogP contribution is 2.28. The molecule has 1 aromatic heterocycles. The zero-order valence-corrected chi connectivity index (χ0v) is 11.4. The zero-order valence-electron chi connectivity index (χ0n) is 11.4. The first-order chi connectivity index (χ1) is 9.13. The Hall–Kier alpha value is -1.84. The fraction of sp³-hybridized carbons (Fsp3) is 0.467. The molecule has 4 nitrogen and oxygen atoms in total. The average molecular weight is 257 g/mol. The van der Waals surface area contributed by atoms with Crippen molar-refractivity contribution in [3.63, 3.8) is 0 Å². The summed E-state index contributed by atoms with van der Waals surface area (Å²) in [5.74, 6) is 1.91. The number of hydrogen-bond acceptors (Lipinski definition) is 2. The van der Waals surface area contributed by atoms with Crippen molar-refractivity contribution in [3.8, 4) is 0 Å². The maximum absolute atomic E-state index is 12.0. The monoisotopic (exact) mass is 257 g/mol. The zero-order chi connectivity index (χ0) is 13.4. The van der Waals surface area contributed by atoms with Crippen molar-refractivity contribution in [2.75, 3.05) is 13.1 Å². The maximum Gasteiger partial charge on any atom is 0.223 e. The lowest BCUT2D eigenvalue weighted by Crippen LogP contribution is -2.29. The summed E-state index contributed by atoms with van der Waals surface area (Å²) in [7, 11) is 0. The second-order valence-corrected chi connectivity index (χ2v) is 5.73. The summed E-state index contributed by atoms with van der Waals surface area (Å²) in [5.41, 5.74) is 2.03. The first-order valence-corrected chi connectivity index (χ1v) is 6.86. The summed E-state index contributed by atoms with van der Waals surface area (Å²) in [6.07, 6.45) is 0.576. The van der Waals surface area contributed by atoms with Crippen LogP contribution in [0.4, 0.5) is 0 Å². The predicted octanol–water partition coefficient (Wildman–Crippen LogP) is 2.53. The van der Waals surface area contributed by atoms with E-state index in [9.17, 15) is 4.79 Å². The molecule has 0 aliphatic carbocycles. The van der Waals surface area contributed by atoms with Gasteiger partial charge < -0.3 is 9.88 Å². The van der Waals surface area contributed by atoms with E-state index in [4.69, 9.17) is 0 Å². The Morgan fingerprint density at radius 2 is 2.21 bits per heavy atom. The van der Waals surface area contributed by atoms with Gasteiger partial charge in [0.2, 0.25) is 5.91 Å². The highest BCUT2D eigenvalue weighted by atomic mass is 16.2. The van der Waals surface area contributed by atoms with Crippen LogP contribution >= 0.6 is 0 Å². The molecule has 0 bridgehead atoms. The fourth-order valence-corrected chi connectivity index (χ4v) is 2.74. The molecule has 4 heteroatoms. The first kappa shape index (κ1) is 12.2. The molecule has 2 aromatic rings. The number of aromatic amines is 1. The minimum atomic E-state index is 0.207. The summed E-state index contributed by atoms with van der Waals surface area (Å²) >= 11 is 0. The van der Waals surface area contributed by atoms with Crippen molar-refractivity contribution in [1.82, 2.24) is 14.9 Å². The Morgan fingerprint density at radius 3 is 2.95 bits per heavy atom. The molecule has 1 fully saturated rings. The molecule has 0 saturated carbocycles. The van der Waals surface area contributed by atoms with Gasteiger partial charge in [0.15, 0.2) is 0 Å². The van der Waals surface area contributed by atoms with Gasteiger partial charge in [-0.05, 0) is 18.1 Å². The summed E-state index contributed by atoms with van der Waals surface area (Å²) in [5, 5.41) is 0. The molecule has 1 aliphatic heterocycles. The van der Waals surface area contributed by atoms with Crippen LogP contribution in [-0.2, 0) is 4.79 Å². The molecule has 100 valence electrons. The van der Waals surface area contributed by atoms with Gasteiger partial charge in [0.1, 0.15) is 5.82 Å². The van der Waals surface area contributed by atoms with Crippen LogP contribution in [0.1, 0.15) is 32.0 Å². The molecule has 2 heterocycles. The fourth-order valence-electron chi connectivity index (χ4n) is 2.74. The van der Waals surface area contributed by atoms with E-state index in [1.807, 2.05) is 29.2 Å². The van der Waals surface area contributed by atoms with Crippen LogP contribution in [-0.4, -0.2) is 33.9 Å². The van der Waals surface area contributed by atoms with Crippen LogP contribution in [0.2, 0.25) is 0 Å². The lowest BCUT2D eigenvalue weighted by atomic mass is 10.1. The van der Waals surface area contributed by atoms with E-state index in [1.165, 1.54) is 0 Å². The number of rotatable bonds is 3. The van der Waals surface area contributed by atoms with Gasteiger partial charge in [0.25, 0.3) is 0 Å². The number of nitrogens with one attached hydrogen (secondary N) is 1. The number of amides is 1. The van der Waals surface area contributed by atoms with E-state index in [0.717, 1.165) is 29.9 Å². The van der Waals surface area contributed by atoms with Crippen LogP contribution in [0, 0.1) is 5.92 Å². The smallest absolute Gasteiger partial charge is 0.223 e. The van der Waals surface area contributed by atoms with Crippen molar-refractivity contribution in [2.24, 2.45) is 5.92 Å². The third kappa shape index (κ3) is 2.35. The van der Waals surface area contributed by atoms with Gasteiger partial charge in [-0.15, -0.1) is 0 Å². The Balaban J connectivity index is 1.81. The van der Waals surface area contributed by atoms with E-state index in [-0.39, 0.29) is 11.8 Å². The molecule has 1 unspecified atom stereocenters. The molecule has 1 saturated heterocycles. The number of H-pyrrole nitrogens is 1. The molecule has 1 aliphatic rings. The number of likely N-dealkylation sites (tertiary alicyclic amines) is 1. The number of para-hydroxylation sites is 2. The molecule has 19 heavy (non-hydrogen) atoms. The number of nitrogens with zero attached hydrogens (tertiary/aromatic N) is 2. The lowest BCUT2D eigenvalue weighted by molar-refractivity contribution is -0.128. The molecular formula is C15H19N3O. The minimum Gasteiger partial charge on any atom is -0.342 e. The molecule has 1 aromatic carbocycles. The standard InChI is InChI=1S/C15H19N3O/c1-10(2)8-18-9-11(7-14(18)19)15-16-12-5-3-4-6-13(12)17-15/h3-6,10-11H,7-9H2,1-2H3,(H,16,17). The van der Waals surface area contributed by atoms with Crippen molar-refractivity contribution in [2.45, 2.75) is 26.2 Å². The molecule has 1 N–H and O–H groups in total. The number of fused-ring (bicyclic) bond motifs is 1. The largest absolute Gasteiger partial charge is 0.342 e. The SMILES string of the molecule is CC(C)CN1CC(c2nc3ccccc3[nH]2)CC1=O. The third-order valence-corrected chi connectivity index (χ3v) is 3.59. The number of benzene rings is 1. The number of aromatic nitrogens is 2. The maximum atomic E-state index is 12.0. The molecule has 0 radical (unpaired) electrons. The Morgan fingerprint density at radius 1 is 1.42 bits per heavy atom. The Bertz CT molecular complexity index is 569. The number of carbonyl (C=O) groups excluding carboxylic acids is 1. The number of hydrogen-bond donors (Lipinski definition) is 1. The van der Waals surface area contributed by atoms with Crippen LogP contribution in [0.3, 0.4) is 0 Å². The van der Waals surface area contributed by atoms with Gasteiger partial charge in [-0.25, -0.2) is 4.98 Å². The number of carbonyl (C=O) groups is 1. The minimum absolute atomic E-state index is 0.207. The molecule has 1 atom stereocenters. The lowest BCUT2D eigenvalue weighted by Gasteiger charge is -2.18. The second kappa shape index (κ2) is 4.68. The van der Waals surface area contributed by atoms with E-state index in [0.29, 0.717) is 12.3 Å². The van der Waals surface area contributed by atoms with Crippen molar-refractivity contribution in [1.29, 1.82) is 0 Å². The van der Waals surface area contributed by atoms with E-state index >= 15 is 0 Å². The predicted molar refractivity (Wildman–Crippen MR) is 74.9 cm³/mol. The van der Waals surface area contributed by atoms with Gasteiger partial charge >= 0.3 is 0 Å². The quantitative estimate of drug-likeness (QED) is 0.918. The first-order valence-electron chi connectivity index (χ1n) is 6.86. The second-order valence-electron chi connectivity index (χ2n) is 5.73. The highest BCUT2D eigenvalue weighted by molar-refractivity contribution is 5.80. The van der Waals surface area contributed by atoms with Gasteiger partial charge in [0.05, 0.1) is 11.0 Å². The Kier molecular flexibility index (Phi) is 3.01. The molecule has 3 rings (SSSR count). The average Bonchev–Trinajstić information content (AvgIpc) is 2.93. The van der Waals surface area contributed by atoms with E-state index < -0.39 is 0 Å².